The zero-order valence-corrected chi connectivity index (χ0v) is 11.9. The molecule has 2 aliphatic rings. The Bertz CT molecular complexity index is 490. The average Bonchev–Trinajstić information content (AvgIpc) is 3.10. The molecular formula is C16H23N3. The molecule has 1 aliphatic heterocycles. The summed E-state index contributed by atoms with van der Waals surface area (Å²) in [6.07, 6.45) is 14.9. The van der Waals surface area contributed by atoms with E-state index in [1.54, 1.807) is 0 Å². The number of likely N-dealkylation sites (tertiary alicyclic amines) is 1. The van der Waals surface area contributed by atoms with Crippen molar-refractivity contribution >= 4 is 0 Å². The van der Waals surface area contributed by atoms with E-state index in [0.717, 1.165) is 6.42 Å². The number of hydrogen-bond acceptors (Lipinski definition) is 2. The summed E-state index contributed by atoms with van der Waals surface area (Å²) >= 11 is 0. The topological polar surface area (TPSA) is 21.1 Å². The molecule has 1 fully saturated rings. The van der Waals surface area contributed by atoms with Gasteiger partial charge in [-0.2, -0.15) is 5.10 Å². The van der Waals surface area contributed by atoms with Gasteiger partial charge in [0.05, 0.1) is 6.20 Å². The molecule has 1 aliphatic carbocycles. The van der Waals surface area contributed by atoms with Gasteiger partial charge in [-0.25, -0.2) is 0 Å². The Balaban J connectivity index is 1.72. The lowest BCUT2D eigenvalue weighted by molar-refractivity contribution is 0.402. The van der Waals surface area contributed by atoms with Crippen LogP contribution in [0.4, 0.5) is 0 Å². The fourth-order valence-corrected chi connectivity index (χ4v) is 2.96. The normalized spacial score (nSPS) is 23.2. The molecule has 102 valence electrons. The molecule has 3 heteroatoms. The molecule has 0 bridgehead atoms. The summed E-state index contributed by atoms with van der Waals surface area (Å²) in [6.45, 7) is 6.81. The zero-order chi connectivity index (χ0) is 13.2. The molecule has 0 saturated carbocycles. The highest BCUT2D eigenvalue weighted by Crippen LogP contribution is 2.31. The van der Waals surface area contributed by atoms with Crippen LogP contribution in [0.3, 0.4) is 0 Å². The van der Waals surface area contributed by atoms with Gasteiger partial charge in [0.1, 0.15) is 0 Å². The first-order chi connectivity index (χ1) is 9.24. The Morgan fingerprint density at radius 3 is 2.74 bits per heavy atom. The molecule has 19 heavy (non-hydrogen) atoms. The maximum atomic E-state index is 4.46. The minimum atomic E-state index is 0.440. The van der Waals surface area contributed by atoms with Gasteiger partial charge >= 0.3 is 0 Å². The lowest BCUT2D eigenvalue weighted by atomic mass is 9.92. The fourth-order valence-electron chi connectivity index (χ4n) is 2.96. The van der Waals surface area contributed by atoms with E-state index in [0.29, 0.717) is 12.0 Å². The molecule has 1 unspecified atom stereocenters. The van der Waals surface area contributed by atoms with Gasteiger partial charge in [-0.1, -0.05) is 12.2 Å². The van der Waals surface area contributed by atoms with E-state index >= 15 is 0 Å². The number of allylic oxidation sites excluding steroid dienone is 4. The van der Waals surface area contributed by atoms with Gasteiger partial charge in [-0.15, -0.1) is 0 Å². The molecule has 0 amide bonds. The van der Waals surface area contributed by atoms with E-state index < -0.39 is 0 Å². The molecule has 1 atom stereocenters. The molecule has 1 aromatic rings. The van der Waals surface area contributed by atoms with Crippen molar-refractivity contribution in [3.63, 3.8) is 0 Å². The van der Waals surface area contributed by atoms with Crippen LogP contribution < -0.4 is 0 Å². The Hall–Kier alpha value is -1.51. The highest BCUT2D eigenvalue weighted by atomic mass is 15.3. The van der Waals surface area contributed by atoms with Gasteiger partial charge in [0.15, 0.2) is 0 Å². The molecular weight excluding hydrogens is 234 g/mol. The maximum absolute atomic E-state index is 4.46. The van der Waals surface area contributed by atoms with Crippen molar-refractivity contribution in [2.24, 2.45) is 0 Å². The molecule has 1 saturated heterocycles. The SMILES string of the molecule is CC(C)n1cc(C2C=CC=C(N3CCCC3)C2)cn1. The van der Waals surface area contributed by atoms with Crippen molar-refractivity contribution in [1.82, 2.24) is 14.7 Å². The second-order valence-corrected chi connectivity index (χ2v) is 5.90. The van der Waals surface area contributed by atoms with Crippen LogP contribution in [-0.2, 0) is 0 Å². The van der Waals surface area contributed by atoms with Crippen LogP contribution in [-0.4, -0.2) is 27.8 Å². The van der Waals surface area contributed by atoms with E-state index in [4.69, 9.17) is 0 Å². The third-order valence-corrected chi connectivity index (χ3v) is 4.15. The van der Waals surface area contributed by atoms with Crippen molar-refractivity contribution in [3.05, 3.63) is 41.9 Å². The standard InChI is InChI=1S/C16H23N3/c1-13(2)19-12-15(11-17-19)14-6-5-7-16(10-14)18-8-3-4-9-18/h5-7,11-14H,3-4,8-10H2,1-2H3. The average molecular weight is 257 g/mol. The Morgan fingerprint density at radius 2 is 2.05 bits per heavy atom. The second-order valence-electron chi connectivity index (χ2n) is 5.90. The summed E-state index contributed by atoms with van der Waals surface area (Å²) < 4.78 is 2.05. The molecule has 3 nitrogen and oxygen atoms in total. The smallest absolute Gasteiger partial charge is 0.0528 e. The van der Waals surface area contributed by atoms with Crippen LogP contribution in [0, 0.1) is 0 Å². The monoisotopic (exact) mass is 257 g/mol. The van der Waals surface area contributed by atoms with E-state index in [2.05, 4.69) is 53.0 Å². The highest BCUT2D eigenvalue weighted by molar-refractivity contribution is 5.29. The lowest BCUT2D eigenvalue weighted by Crippen LogP contribution is -2.21. The third-order valence-electron chi connectivity index (χ3n) is 4.15. The summed E-state index contributed by atoms with van der Waals surface area (Å²) in [5.74, 6) is 0.494. The predicted octanol–water partition coefficient (Wildman–Crippen LogP) is 3.49. The number of aromatic nitrogens is 2. The first kappa shape index (κ1) is 12.5. The molecule has 1 aromatic heterocycles. The largest absolute Gasteiger partial charge is 0.375 e. The first-order valence-corrected chi connectivity index (χ1v) is 7.40. The molecule has 0 spiro atoms. The van der Waals surface area contributed by atoms with Crippen LogP contribution in [0.25, 0.3) is 0 Å². The van der Waals surface area contributed by atoms with Gasteiger partial charge in [-0.05, 0) is 44.7 Å². The minimum absolute atomic E-state index is 0.440. The van der Waals surface area contributed by atoms with Crippen LogP contribution in [0.15, 0.2) is 36.3 Å². The molecule has 2 heterocycles. The fraction of sp³-hybridized carbons (Fsp3) is 0.562. The number of nitrogens with zero attached hydrogens (tertiary/aromatic N) is 3. The summed E-state index contributed by atoms with van der Waals surface area (Å²) in [6, 6.07) is 0.440. The maximum Gasteiger partial charge on any atom is 0.0528 e. The van der Waals surface area contributed by atoms with E-state index in [9.17, 15) is 0 Å². The van der Waals surface area contributed by atoms with E-state index in [-0.39, 0.29) is 0 Å². The van der Waals surface area contributed by atoms with E-state index in [1.165, 1.54) is 37.2 Å². The molecule has 0 N–H and O–H groups in total. The van der Waals surface area contributed by atoms with Crippen LogP contribution in [0.1, 0.15) is 50.6 Å². The molecule has 0 radical (unpaired) electrons. The predicted molar refractivity (Wildman–Crippen MR) is 78.0 cm³/mol. The summed E-state index contributed by atoms with van der Waals surface area (Å²) in [5.41, 5.74) is 2.84. The van der Waals surface area contributed by atoms with Gasteiger partial charge < -0.3 is 4.90 Å². The Labute approximate surface area is 115 Å². The van der Waals surface area contributed by atoms with Crippen molar-refractivity contribution < 1.29 is 0 Å². The van der Waals surface area contributed by atoms with Crippen LogP contribution in [0.2, 0.25) is 0 Å². The van der Waals surface area contributed by atoms with E-state index in [1.807, 2.05) is 6.20 Å². The van der Waals surface area contributed by atoms with Gasteiger partial charge in [0.25, 0.3) is 0 Å². The molecule has 0 aromatic carbocycles. The third kappa shape index (κ3) is 2.60. The van der Waals surface area contributed by atoms with Gasteiger partial charge in [0, 0.05) is 36.9 Å². The van der Waals surface area contributed by atoms with Crippen LogP contribution in [0.5, 0.6) is 0 Å². The lowest BCUT2D eigenvalue weighted by Gasteiger charge is -2.26. The second kappa shape index (κ2) is 5.24. The summed E-state index contributed by atoms with van der Waals surface area (Å²) in [4.78, 5) is 2.55. The highest BCUT2D eigenvalue weighted by Gasteiger charge is 2.21. The van der Waals surface area contributed by atoms with Gasteiger partial charge in [-0.3, -0.25) is 4.68 Å². The van der Waals surface area contributed by atoms with Crippen molar-refractivity contribution in [1.29, 1.82) is 0 Å². The Morgan fingerprint density at radius 1 is 1.26 bits per heavy atom. The quantitative estimate of drug-likeness (QED) is 0.826. The zero-order valence-electron chi connectivity index (χ0n) is 11.9. The molecule has 3 rings (SSSR count). The minimum Gasteiger partial charge on any atom is -0.375 e. The first-order valence-electron chi connectivity index (χ1n) is 7.40. The van der Waals surface area contributed by atoms with Crippen molar-refractivity contribution in [2.75, 3.05) is 13.1 Å². The number of hydrogen-bond donors (Lipinski definition) is 0. The Kier molecular flexibility index (Phi) is 3.45. The van der Waals surface area contributed by atoms with Crippen LogP contribution >= 0.6 is 0 Å². The summed E-state index contributed by atoms with van der Waals surface area (Å²) in [7, 11) is 0. The number of rotatable bonds is 3. The van der Waals surface area contributed by atoms with Crippen molar-refractivity contribution in [2.45, 2.75) is 45.1 Å². The van der Waals surface area contributed by atoms with Crippen molar-refractivity contribution in [3.8, 4) is 0 Å². The van der Waals surface area contributed by atoms with Gasteiger partial charge in [0.2, 0.25) is 0 Å². The summed E-state index contributed by atoms with van der Waals surface area (Å²) in [5, 5.41) is 4.46.